The summed E-state index contributed by atoms with van der Waals surface area (Å²) >= 11 is 5.76. The quantitative estimate of drug-likeness (QED) is 0.682. The number of pyridine rings is 1. The number of ether oxygens (including phenoxy) is 1. The molecule has 0 spiro atoms. The van der Waals surface area contributed by atoms with Crippen LogP contribution in [0.1, 0.15) is 11.4 Å². The minimum atomic E-state index is -4.79. The molecule has 2 aromatic heterocycles. The number of amides is 1. The molecule has 10 heteroatoms. The van der Waals surface area contributed by atoms with Gasteiger partial charge in [-0.05, 0) is 36.4 Å². The molecule has 3 rings (SSSR count). The molecule has 6 nitrogen and oxygen atoms in total. The van der Waals surface area contributed by atoms with Crippen molar-refractivity contribution < 1.29 is 22.7 Å². The summed E-state index contributed by atoms with van der Waals surface area (Å²) in [5.74, 6) is -0.696. The molecule has 2 heterocycles. The minimum Gasteiger partial charge on any atom is -0.406 e. The van der Waals surface area contributed by atoms with Gasteiger partial charge in [0.25, 0.3) is 0 Å². The fourth-order valence-electron chi connectivity index (χ4n) is 2.42. The van der Waals surface area contributed by atoms with E-state index >= 15 is 0 Å². The van der Waals surface area contributed by atoms with E-state index in [0.29, 0.717) is 16.1 Å². The number of benzene rings is 1. The summed E-state index contributed by atoms with van der Waals surface area (Å²) < 4.78 is 46.1. The van der Waals surface area contributed by atoms with Crippen molar-refractivity contribution in [3.8, 4) is 11.4 Å². The molecule has 0 fully saturated rings. The number of hydrogen-bond donors (Lipinski definition) is 1. The molecule has 0 saturated carbocycles. The van der Waals surface area contributed by atoms with E-state index in [1.165, 1.54) is 24.3 Å². The summed E-state index contributed by atoms with van der Waals surface area (Å²) in [6.07, 6.45) is -2.95. The van der Waals surface area contributed by atoms with Gasteiger partial charge in [-0.1, -0.05) is 17.7 Å². The van der Waals surface area contributed by atoms with Crippen LogP contribution in [0.3, 0.4) is 0 Å². The fraction of sp³-hybridized carbons (Fsp3) is 0.167. The van der Waals surface area contributed by atoms with Gasteiger partial charge in [0.1, 0.15) is 0 Å². The number of halogens is 4. The van der Waals surface area contributed by atoms with Gasteiger partial charge in [0, 0.05) is 29.9 Å². The molecule has 0 unspecified atom stereocenters. The van der Waals surface area contributed by atoms with E-state index in [2.05, 4.69) is 15.4 Å². The Kier molecular flexibility index (Phi) is 5.84. The predicted molar refractivity (Wildman–Crippen MR) is 95.5 cm³/mol. The van der Waals surface area contributed by atoms with Crippen molar-refractivity contribution in [2.75, 3.05) is 6.54 Å². The number of nitrogens with zero attached hydrogens (tertiary/aromatic N) is 3. The lowest BCUT2D eigenvalue weighted by molar-refractivity contribution is -0.143. The maximum absolute atomic E-state index is 13.5. The largest absolute Gasteiger partial charge is 0.437 e. The van der Waals surface area contributed by atoms with Crippen molar-refractivity contribution in [1.82, 2.24) is 20.1 Å². The Morgan fingerprint density at radius 2 is 1.93 bits per heavy atom. The minimum absolute atomic E-state index is 0.127. The SMILES string of the molecule is O=C(NCCc1ccccn1)Oc1cnn(-c2ccc(Cl)cc2)c1C(F)(F)F. The summed E-state index contributed by atoms with van der Waals surface area (Å²) in [6, 6.07) is 10.9. The first kappa shape index (κ1) is 19.7. The molecule has 0 saturated heterocycles. The van der Waals surface area contributed by atoms with Crippen LogP contribution in [-0.2, 0) is 12.6 Å². The second-order valence-corrected chi connectivity index (χ2v) is 6.07. The van der Waals surface area contributed by atoms with Crippen LogP contribution in [0.4, 0.5) is 18.0 Å². The lowest BCUT2D eigenvalue weighted by Crippen LogP contribution is -2.29. The first-order valence-electron chi connectivity index (χ1n) is 8.11. The topological polar surface area (TPSA) is 69.0 Å². The average molecular weight is 411 g/mol. The van der Waals surface area contributed by atoms with Crippen molar-refractivity contribution in [2.24, 2.45) is 0 Å². The van der Waals surface area contributed by atoms with E-state index in [-0.39, 0.29) is 12.2 Å². The molecule has 0 aliphatic rings. The van der Waals surface area contributed by atoms with Gasteiger partial charge in [0.05, 0.1) is 11.9 Å². The zero-order chi connectivity index (χ0) is 20.1. The van der Waals surface area contributed by atoms with Gasteiger partial charge in [-0.2, -0.15) is 18.3 Å². The number of rotatable bonds is 5. The highest BCUT2D eigenvalue weighted by Crippen LogP contribution is 2.37. The number of nitrogens with one attached hydrogen (secondary N) is 1. The maximum atomic E-state index is 13.5. The van der Waals surface area contributed by atoms with Gasteiger partial charge in [-0.3, -0.25) is 4.98 Å². The Balaban J connectivity index is 1.72. The summed E-state index contributed by atoms with van der Waals surface area (Å²) in [5, 5.41) is 6.46. The molecule has 1 amide bonds. The van der Waals surface area contributed by atoms with Crippen molar-refractivity contribution in [2.45, 2.75) is 12.6 Å². The molecule has 3 aromatic rings. The Morgan fingerprint density at radius 3 is 2.57 bits per heavy atom. The van der Waals surface area contributed by atoms with E-state index in [9.17, 15) is 18.0 Å². The second kappa shape index (κ2) is 8.30. The zero-order valence-electron chi connectivity index (χ0n) is 14.3. The van der Waals surface area contributed by atoms with E-state index in [0.717, 1.165) is 11.9 Å². The van der Waals surface area contributed by atoms with Crippen LogP contribution in [0.15, 0.2) is 54.9 Å². The van der Waals surface area contributed by atoms with Crippen LogP contribution in [0.2, 0.25) is 5.02 Å². The summed E-state index contributed by atoms with van der Waals surface area (Å²) in [7, 11) is 0. The molecule has 1 aromatic carbocycles. The van der Waals surface area contributed by atoms with E-state index in [1.54, 1.807) is 24.4 Å². The van der Waals surface area contributed by atoms with Crippen molar-refractivity contribution >= 4 is 17.7 Å². The molecule has 146 valence electrons. The highest BCUT2D eigenvalue weighted by atomic mass is 35.5. The molecule has 0 atom stereocenters. The first-order valence-corrected chi connectivity index (χ1v) is 8.49. The summed E-state index contributed by atoms with van der Waals surface area (Å²) in [6.45, 7) is 0.155. The van der Waals surface area contributed by atoms with Crippen molar-refractivity contribution in [3.63, 3.8) is 0 Å². The van der Waals surface area contributed by atoms with Gasteiger partial charge in [0.2, 0.25) is 0 Å². The van der Waals surface area contributed by atoms with E-state index in [4.69, 9.17) is 16.3 Å². The molecular weight excluding hydrogens is 397 g/mol. The normalized spacial score (nSPS) is 11.3. The smallest absolute Gasteiger partial charge is 0.406 e. The number of hydrogen-bond acceptors (Lipinski definition) is 4. The van der Waals surface area contributed by atoms with Crippen LogP contribution in [0.5, 0.6) is 5.75 Å². The number of aromatic nitrogens is 3. The van der Waals surface area contributed by atoms with Crippen LogP contribution >= 0.6 is 11.6 Å². The van der Waals surface area contributed by atoms with Gasteiger partial charge in [-0.15, -0.1) is 0 Å². The zero-order valence-corrected chi connectivity index (χ0v) is 15.0. The van der Waals surface area contributed by atoms with E-state index in [1.807, 2.05) is 0 Å². The van der Waals surface area contributed by atoms with Crippen LogP contribution in [0, 0.1) is 0 Å². The second-order valence-electron chi connectivity index (χ2n) is 5.63. The van der Waals surface area contributed by atoms with Crippen LogP contribution < -0.4 is 10.1 Å². The summed E-state index contributed by atoms with van der Waals surface area (Å²) in [5.41, 5.74) is -0.342. The first-order chi connectivity index (χ1) is 13.3. The van der Waals surface area contributed by atoms with Crippen molar-refractivity contribution in [3.05, 3.63) is 71.3 Å². The standard InChI is InChI=1S/C18H14ClF3N4O2/c19-12-4-6-14(7-5-12)26-16(18(20,21)22)15(11-25-26)28-17(27)24-10-8-13-3-1-2-9-23-13/h1-7,9,11H,8,10H2,(H,24,27). The lowest BCUT2D eigenvalue weighted by Gasteiger charge is -2.13. The molecule has 0 aliphatic heterocycles. The number of carbonyl (C=O) groups is 1. The third-order valence-corrected chi connectivity index (χ3v) is 3.91. The van der Waals surface area contributed by atoms with Crippen LogP contribution in [-0.4, -0.2) is 27.4 Å². The van der Waals surface area contributed by atoms with Crippen molar-refractivity contribution in [1.29, 1.82) is 0 Å². The van der Waals surface area contributed by atoms with Gasteiger partial charge >= 0.3 is 12.3 Å². The molecule has 0 aliphatic carbocycles. The predicted octanol–water partition coefficient (Wildman–Crippen LogP) is 4.27. The monoisotopic (exact) mass is 410 g/mol. The average Bonchev–Trinajstić information content (AvgIpc) is 3.07. The third-order valence-electron chi connectivity index (χ3n) is 3.65. The third kappa shape index (κ3) is 4.80. The highest BCUT2D eigenvalue weighted by Gasteiger charge is 2.40. The van der Waals surface area contributed by atoms with Gasteiger partial charge < -0.3 is 10.1 Å². The van der Waals surface area contributed by atoms with Crippen LogP contribution in [0.25, 0.3) is 5.69 Å². The molecule has 1 N–H and O–H groups in total. The number of alkyl halides is 3. The van der Waals surface area contributed by atoms with Gasteiger partial charge in [0.15, 0.2) is 11.4 Å². The molecule has 0 bridgehead atoms. The molecule has 28 heavy (non-hydrogen) atoms. The number of carbonyl (C=O) groups excluding carboxylic acids is 1. The molecule has 0 radical (unpaired) electrons. The molecular formula is C18H14ClF3N4O2. The fourth-order valence-corrected chi connectivity index (χ4v) is 2.55. The maximum Gasteiger partial charge on any atom is 0.437 e. The Labute approximate surface area is 162 Å². The Hall–Kier alpha value is -3.07. The Morgan fingerprint density at radius 1 is 1.18 bits per heavy atom. The Bertz CT molecular complexity index is 944. The summed E-state index contributed by atoms with van der Waals surface area (Å²) in [4.78, 5) is 16.0. The highest BCUT2D eigenvalue weighted by molar-refractivity contribution is 6.30. The van der Waals surface area contributed by atoms with E-state index < -0.39 is 23.7 Å². The van der Waals surface area contributed by atoms with Gasteiger partial charge in [-0.25, -0.2) is 9.48 Å². The lowest BCUT2D eigenvalue weighted by atomic mass is 10.3.